The number of hydrogen-bond donors (Lipinski definition) is 2. The number of nitrogens with two attached hydrogens (primary N) is 2. The van der Waals surface area contributed by atoms with Crippen molar-refractivity contribution in [2.24, 2.45) is 11.5 Å². The van der Waals surface area contributed by atoms with E-state index in [4.69, 9.17) is 34.7 Å². The fourth-order valence-corrected chi connectivity index (χ4v) is 1.74. The molecule has 0 spiro atoms. The van der Waals surface area contributed by atoms with Crippen molar-refractivity contribution in [2.75, 3.05) is 0 Å². The third-order valence-electron chi connectivity index (χ3n) is 2.47. The zero-order valence-corrected chi connectivity index (χ0v) is 11.1. The first-order chi connectivity index (χ1) is 7.29. The molecular formula is C12H18Cl2N2. The van der Waals surface area contributed by atoms with Crippen molar-refractivity contribution in [1.82, 2.24) is 0 Å². The lowest BCUT2D eigenvalue weighted by molar-refractivity contribution is 0.433. The van der Waals surface area contributed by atoms with E-state index >= 15 is 0 Å². The van der Waals surface area contributed by atoms with E-state index in [2.05, 4.69) is 0 Å². The first kappa shape index (κ1) is 13.8. The van der Waals surface area contributed by atoms with Crippen molar-refractivity contribution >= 4 is 23.2 Å². The van der Waals surface area contributed by atoms with Crippen LogP contribution in [0, 0.1) is 0 Å². The maximum atomic E-state index is 6.06. The average Bonchev–Trinajstić information content (AvgIpc) is 2.17. The highest BCUT2D eigenvalue weighted by Crippen LogP contribution is 2.27. The van der Waals surface area contributed by atoms with Crippen LogP contribution in [0.25, 0.3) is 0 Å². The Hall–Kier alpha value is -0.280. The van der Waals surface area contributed by atoms with E-state index in [-0.39, 0.29) is 11.6 Å². The molecule has 1 unspecified atom stereocenters. The predicted molar refractivity (Wildman–Crippen MR) is 70.9 cm³/mol. The minimum atomic E-state index is -0.187. The Morgan fingerprint density at radius 2 is 1.88 bits per heavy atom. The highest BCUT2D eigenvalue weighted by molar-refractivity contribution is 6.42. The van der Waals surface area contributed by atoms with E-state index in [0.717, 1.165) is 18.4 Å². The minimum absolute atomic E-state index is 0.0439. The van der Waals surface area contributed by atoms with Gasteiger partial charge < -0.3 is 11.5 Å². The standard InChI is InChI=1S/C12H18Cl2N2/c1-12(2,16)6-5-11(15)8-3-4-9(13)10(14)7-8/h3-4,7,11H,5-6,15-16H2,1-2H3. The fraction of sp³-hybridized carbons (Fsp3) is 0.500. The SMILES string of the molecule is CC(C)(N)CCC(N)c1ccc(Cl)c(Cl)c1. The summed E-state index contributed by atoms with van der Waals surface area (Å²) in [4.78, 5) is 0. The molecule has 0 aliphatic heterocycles. The molecule has 1 aromatic carbocycles. The normalized spacial score (nSPS) is 13.9. The van der Waals surface area contributed by atoms with Gasteiger partial charge in [0, 0.05) is 11.6 Å². The van der Waals surface area contributed by atoms with Gasteiger partial charge in [0.15, 0.2) is 0 Å². The van der Waals surface area contributed by atoms with Gasteiger partial charge in [0.05, 0.1) is 10.0 Å². The molecular weight excluding hydrogens is 243 g/mol. The number of hydrogen-bond acceptors (Lipinski definition) is 2. The second-order valence-electron chi connectivity index (χ2n) is 4.81. The van der Waals surface area contributed by atoms with Gasteiger partial charge in [-0.05, 0) is 44.4 Å². The lowest BCUT2D eigenvalue weighted by Gasteiger charge is -2.21. The van der Waals surface area contributed by atoms with Crippen molar-refractivity contribution in [1.29, 1.82) is 0 Å². The Kier molecular flexibility index (Phi) is 4.62. The Bertz CT molecular complexity index is 359. The minimum Gasteiger partial charge on any atom is -0.326 e. The molecule has 0 aromatic heterocycles. The molecule has 0 bridgehead atoms. The van der Waals surface area contributed by atoms with E-state index in [1.54, 1.807) is 6.07 Å². The van der Waals surface area contributed by atoms with Gasteiger partial charge in [-0.2, -0.15) is 0 Å². The first-order valence-electron chi connectivity index (χ1n) is 5.29. The van der Waals surface area contributed by atoms with E-state index < -0.39 is 0 Å². The summed E-state index contributed by atoms with van der Waals surface area (Å²) in [6.45, 7) is 3.99. The van der Waals surface area contributed by atoms with Gasteiger partial charge in [-0.25, -0.2) is 0 Å². The van der Waals surface area contributed by atoms with Gasteiger partial charge in [0.1, 0.15) is 0 Å². The summed E-state index contributed by atoms with van der Waals surface area (Å²) in [5.74, 6) is 0. The van der Waals surface area contributed by atoms with Gasteiger partial charge in [-0.3, -0.25) is 0 Å². The third kappa shape index (κ3) is 4.30. The zero-order chi connectivity index (χ0) is 12.3. The van der Waals surface area contributed by atoms with Crippen molar-refractivity contribution in [3.05, 3.63) is 33.8 Å². The van der Waals surface area contributed by atoms with Crippen LogP contribution in [-0.2, 0) is 0 Å². The van der Waals surface area contributed by atoms with Crippen LogP contribution in [0.3, 0.4) is 0 Å². The molecule has 0 saturated heterocycles. The van der Waals surface area contributed by atoms with E-state index in [1.807, 2.05) is 26.0 Å². The molecule has 0 amide bonds. The number of rotatable bonds is 4. The summed E-state index contributed by atoms with van der Waals surface area (Å²) in [7, 11) is 0. The van der Waals surface area contributed by atoms with Crippen molar-refractivity contribution < 1.29 is 0 Å². The third-order valence-corrected chi connectivity index (χ3v) is 3.21. The molecule has 90 valence electrons. The summed E-state index contributed by atoms with van der Waals surface area (Å²) in [5.41, 5.74) is 12.8. The first-order valence-corrected chi connectivity index (χ1v) is 6.04. The molecule has 4 heteroatoms. The molecule has 16 heavy (non-hydrogen) atoms. The molecule has 0 aliphatic carbocycles. The highest BCUT2D eigenvalue weighted by atomic mass is 35.5. The summed E-state index contributed by atoms with van der Waals surface area (Å²) in [6, 6.07) is 5.45. The van der Waals surface area contributed by atoms with E-state index in [1.165, 1.54) is 0 Å². The lowest BCUT2D eigenvalue weighted by Crippen LogP contribution is -2.32. The Balaban J connectivity index is 2.66. The lowest BCUT2D eigenvalue weighted by atomic mass is 9.94. The predicted octanol–water partition coefficient (Wildman–Crippen LogP) is 3.51. The average molecular weight is 261 g/mol. The smallest absolute Gasteiger partial charge is 0.0595 e. The van der Waals surface area contributed by atoms with Crippen molar-refractivity contribution in [3.8, 4) is 0 Å². The second kappa shape index (κ2) is 5.37. The fourth-order valence-electron chi connectivity index (χ4n) is 1.44. The molecule has 0 saturated carbocycles. The zero-order valence-electron chi connectivity index (χ0n) is 9.63. The monoisotopic (exact) mass is 260 g/mol. The van der Waals surface area contributed by atoms with Crippen LogP contribution < -0.4 is 11.5 Å². The van der Waals surface area contributed by atoms with Crippen LogP contribution in [0.5, 0.6) is 0 Å². The van der Waals surface area contributed by atoms with Gasteiger partial charge >= 0.3 is 0 Å². The Morgan fingerprint density at radius 1 is 1.25 bits per heavy atom. The van der Waals surface area contributed by atoms with Crippen molar-refractivity contribution in [3.63, 3.8) is 0 Å². The number of halogens is 2. The summed E-state index contributed by atoms with van der Waals surface area (Å²) >= 11 is 11.8. The molecule has 1 rings (SSSR count). The summed E-state index contributed by atoms with van der Waals surface area (Å²) in [6.07, 6.45) is 1.70. The quantitative estimate of drug-likeness (QED) is 0.871. The van der Waals surface area contributed by atoms with Crippen LogP contribution in [0.15, 0.2) is 18.2 Å². The maximum absolute atomic E-state index is 6.06. The van der Waals surface area contributed by atoms with Crippen LogP contribution in [-0.4, -0.2) is 5.54 Å². The Labute approximate surface area is 107 Å². The van der Waals surface area contributed by atoms with Gasteiger partial charge in [0.25, 0.3) is 0 Å². The van der Waals surface area contributed by atoms with Crippen molar-refractivity contribution in [2.45, 2.75) is 38.3 Å². The Morgan fingerprint density at radius 3 is 2.38 bits per heavy atom. The molecule has 4 N–H and O–H groups in total. The molecule has 1 atom stereocenters. The van der Waals surface area contributed by atoms with Gasteiger partial charge in [-0.1, -0.05) is 29.3 Å². The molecule has 0 radical (unpaired) electrons. The largest absolute Gasteiger partial charge is 0.326 e. The summed E-state index contributed by atoms with van der Waals surface area (Å²) in [5, 5.41) is 1.10. The highest BCUT2D eigenvalue weighted by Gasteiger charge is 2.14. The number of benzene rings is 1. The van der Waals surface area contributed by atoms with Gasteiger partial charge in [-0.15, -0.1) is 0 Å². The molecule has 0 aliphatic rings. The van der Waals surface area contributed by atoms with E-state index in [9.17, 15) is 0 Å². The van der Waals surface area contributed by atoms with Crippen LogP contribution in [0.4, 0.5) is 0 Å². The maximum Gasteiger partial charge on any atom is 0.0595 e. The van der Waals surface area contributed by atoms with Gasteiger partial charge in [0.2, 0.25) is 0 Å². The second-order valence-corrected chi connectivity index (χ2v) is 5.62. The topological polar surface area (TPSA) is 52.0 Å². The van der Waals surface area contributed by atoms with Crippen LogP contribution >= 0.6 is 23.2 Å². The summed E-state index contributed by atoms with van der Waals surface area (Å²) < 4.78 is 0. The molecule has 2 nitrogen and oxygen atoms in total. The molecule has 1 aromatic rings. The molecule has 0 heterocycles. The van der Waals surface area contributed by atoms with Crippen LogP contribution in [0.1, 0.15) is 38.3 Å². The van der Waals surface area contributed by atoms with Crippen LogP contribution in [0.2, 0.25) is 10.0 Å². The molecule has 0 fully saturated rings. The van der Waals surface area contributed by atoms with E-state index in [0.29, 0.717) is 10.0 Å².